The molecule has 2 unspecified atom stereocenters. The summed E-state index contributed by atoms with van der Waals surface area (Å²) in [7, 11) is -2.53. The van der Waals surface area contributed by atoms with Crippen LogP contribution in [0.4, 0.5) is 0 Å². The van der Waals surface area contributed by atoms with Crippen LogP contribution in [0, 0.1) is 0 Å². The fourth-order valence-corrected chi connectivity index (χ4v) is 2.07. The van der Waals surface area contributed by atoms with Gasteiger partial charge >= 0.3 is 11.9 Å². The highest BCUT2D eigenvalue weighted by atomic mass is 31.1. The summed E-state index contributed by atoms with van der Waals surface area (Å²) in [5.74, 6) is -1.61. The molecule has 0 saturated carbocycles. The largest absolute Gasteiger partial charge is 0.435 e. The standard InChI is InChI=1S/C12H19O7P/c1-4-16-7-8-20(15)19-10(12(14)18-6-3)9-11(13)17-5-2/h5-6,10,20H,2-4,7-9H2,1H3. The van der Waals surface area contributed by atoms with Crippen molar-refractivity contribution in [2.75, 3.05) is 19.4 Å². The lowest BCUT2D eigenvalue weighted by Gasteiger charge is -2.14. The number of ether oxygens (including phenoxy) is 3. The van der Waals surface area contributed by atoms with Gasteiger partial charge in [0.25, 0.3) is 0 Å². The number of carbonyl (C=O) groups is 2. The number of esters is 2. The molecule has 0 aliphatic heterocycles. The lowest BCUT2D eigenvalue weighted by Crippen LogP contribution is -2.27. The summed E-state index contributed by atoms with van der Waals surface area (Å²) in [6.07, 6.45) is 0.232. The van der Waals surface area contributed by atoms with Crippen molar-refractivity contribution in [2.24, 2.45) is 0 Å². The predicted molar refractivity (Wildman–Crippen MR) is 72.4 cm³/mol. The predicted octanol–water partition coefficient (Wildman–Crippen LogP) is 1.65. The minimum atomic E-state index is -2.53. The van der Waals surface area contributed by atoms with E-state index in [1.165, 1.54) is 0 Å². The van der Waals surface area contributed by atoms with Gasteiger partial charge in [-0.3, -0.25) is 9.36 Å². The lowest BCUT2D eigenvalue weighted by molar-refractivity contribution is -0.152. The van der Waals surface area contributed by atoms with Crippen LogP contribution in [-0.2, 0) is 32.9 Å². The highest BCUT2D eigenvalue weighted by molar-refractivity contribution is 7.39. The quantitative estimate of drug-likeness (QED) is 0.248. The van der Waals surface area contributed by atoms with Crippen molar-refractivity contribution < 1.29 is 32.9 Å². The van der Waals surface area contributed by atoms with E-state index in [0.717, 1.165) is 12.5 Å². The molecule has 0 saturated heterocycles. The summed E-state index contributed by atoms with van der Waals surface area (Å²) in [6, 6.07) is 0. The van der Waals surface area contributed by atoms with Crippen LogP contribution in [0.5, 0.6) is 0 Å². The van der Waals surface area contributed by atoms with E-state index in [9.17, 15) is 14.2 Å². The van der Waals surface area contributed by atoms with Crippen molar-refractivity contribution in [3.8, 4) is 0 Å². The molecular weight excluding hydrogens is 287 g/mol. The first-order valence-corrected chi connectivity index (χ1v) is 7.46. The van der Waals surface area contributed by atoms with E-state index in [1.54, 1.807) is 6.92 Å². The van der Waals surface area contributed by atoms with Crippen LogP contribution in [0.2, 0.25) is 0 Å². The Kier molecular flexibility index (Phi) is 10.6. The highest BCUT2D eigenvalue weighted by Gasteiger charge is 2.26. The van der Waals surface area contributed by atoms with Gasteiger partial charge in [-0.25, -0.2) is 4.79 Å². The molecule has 20 heavy (non-hydrogen) atoms. The van der Waals surface area contributed by atoms with Gasteiger partial charge in [-0.05, 0) is 6.92 Å². The molecule has 0 aromatic carbocycles. The summed E-state index contributed by atoms with van der Waals surface area (Å²) >= 11 is 0. The molecule has 114 valence electrons. The Morgan fingerprint density at radius 1 is 1.25 bits per heavy atom. The summed E-state index contributed by atoms with van der Waals surface area (Å²) in [4.78, 5) is 22.8. The van der Waals surface area contributed by atoms with Crippen molar-refractivity contribution >= 4 is 20.0 Å². The van der Waals surface area contributed by atoms with Crippen molar-refractivity contribution in [1.82, 2.24) is 0 Å². The van der Waals surface area contributed by atoms with Gasteiger partial charge in [-0.1, -0.05) is 13.2 Å². The maximum atomic E-state index is 11.7. The molecule has 0 N–H and O–H groups in total. The van der Waals surface area contributed by atoms with Crippen LogP contribution >= 0.6 is 8.03 Å². The Labute approximate surface area is 118 Å². The van der Waals surface area contributed by atoms with Crippen molar-refractivity contribution in [2.45, 2.75) is 19.4 Å². The third kappa shape index (κ3) is 8.63. The molecule has 0 aromatic heterocycles. The molecule has 0 spiro atoms. The molecular formula is C12H19O7P. The zero-order chi connectivity index (χ0) is 15.4. The van der Waals surface area contributed by atoms with Crippen LogP contribution in [0.15, 0.2) is 25.7 Å². The molecule has 0 aliphatic rings. The highest BCUT2D eigenvalue weighted by Crippen LogP contribution is 2.26. The second-order valence-electron chi connectivity index (χ2n) is 3.39. The number of hydrogen-bond acceptors (Lipinski definition) is 7. The minimum Gasteiger partial charge on any atom is -0.435 e. The van der Waals surface area contributed by atoms with Gasteiger partial charge in [0.15, 0.2) is 14.1 Å². The molecule has 8 heteroatoms. The van der Waals surface area contributed by atoms with E-state index in [1.807, 2.05) is 0 Å². The molecule has 0 amide bonds. The second kappa shape index (κ2) is 11.4. The first-order valence-electron chi connectivity index (χ1n) is 5.94. The van der Waals surface area contributed by atoms with Crippen molar-refractivity contribution in [1.29, 1.82) is 0 Å². The number of hydrogen-bond donors (Lipinski definition) is 0. The Bertz CT molecular complexity index is 367. The summed E-state index contributed by atoms with van der Waals surface area (Å²) in [5, 5.41) is 0. The van der Waals surface area contributed by atoms with Gasteiger partial charge in [0, 0.05) is 12.8 Å². The smallest absolute Gasteiger partial charge is 0.341 e. The summed E-state index contributed by atoms with van der Waals surface area (Å²) < 4.78 is 30.7. The molecule has 0 heterocycles. The van der Waals surface area contributed by atoms with Crippen LogP contribution in [0.1, 0.15) is 13.3 Å². The minimum absolute atomic E-state index is 0.146. The monoisotopic (exact) mass is 306 g/mol. The number of carbonyl (C=O) groups excluding carboxylic acids is 2. The third-order valence-electron chi connectivity index (χ3n) is 1.96. The Hall–Kier alpha value is -1.43. The van der Waals surface area contributed by atoms with E-state index < -0.39 is 32.5 Å². The van der Waals surface area contributed by atoms with E-state index in [4.69, 9.17) is 9.26 Å². The van der Waals surface area contributed by atoms with Crippen molar-refractivity contribution in [3.05, 3.63) is 25.7 Å². The zero-order valence-electron chi connectivity index (χ0n) is 11.3. The van der Waals surface area contributed by atoms with Gasteiger partial charge in [0.2, 0.25) is 0 Å². The van der Waals surface area contributed by atoms with E-state index >= 15 is 0 Å². The lowest BCUT2D eigenvalue weighted by atomic mass is 10.2. The summed E-state index contributed by atoms with van der Waals surface area (Å²) in [5.41, 5.74) is 0. The van der Waals surface area contributed by atoms with Gasteiger partial charge in [0.05, 0.1) is 25.6 Å². The zero-order valence-corrected chi connectivity index (χ0v) is 12.3. The molecule has 0 aliphatic carbocycles. The van der Waals surface area contributed by atoms with Gasteiger partial charge < -0.3 is 18.7 Å². The van der Waals surface area contributed by atoms with Gasteiger partial charge in [-0.2, -0.15) is 0 Å². The fraction of sp³-hybridized carbons (Fsp3) is 0.500. The van der Waals surface area contributed by atoms with Crippen LogP contribution < -0.4 is 0 Å². The second-order valence-corrected chi connectivity index (χ2v) is 4.87. The first kappa shape index (κ1) is 18.6. The normalized spacial score (nSPS) is 13.1. The molecule has 2 atom stereocenters. The maximum absolute atomic E-state index is 11.7. The molecule has 0 bridgehead atoms. The van der Waals surface area contributed by atoms with Gasteiger partial charge in [-0.15, -0.1) is 0 Å². The molecule has 0 aromatic rings. The van der Waals surface area contributed by atoms with Gasteiger partial charge in [0.1, 0.15) is 0 Å². The SMILES string of the molecule is C=COC(=O)CC(O[PH](=O)CCOCC)C(=O)OC=C. The third-order valence-corrected chi connectivity index (χ3v) is 3.12. The molecule has 0 rings (SSSR count). The maximum Gasteiger partial charge on any atom is 0.341 e. The summed E-state index contributed by atoms with van der Waals surface area (Å²) in [6.45, 7) is 8.96. The van der Waals surface area contributed by atoms with E-state index in [0.29, 0.717) is 6.61 Å². The number of rotatable bonds is 11. The van der Waals surface area contributed by atoms with Crippen LogP contribution in [-0.4, -0.2) is 37.4 Å². The van der Waals surface area contributed by atoms with E-state index in [-0.39, 0.29) is 12.8 Å². The Balaban J connectivity index is 4.47. The topological polar surface area (TPSA) is 88.1 Å². The first-order chi connectivity index (χ1) is 9.54. The molecule has 0 radical (unpaired) electrons. The Morgan fingerprint density at radius 3 is 2.45 bits per heavy atom. The Morgan fingerprint density at radius 2 is 1.90 bits per heavy atom. The molecule has 7 nitrogen and oxygen atoms in total. The average Bonchev–Trinajstić information content (AvgIpc) is 2.39. The van der Waals surface area contributed by atoms with E-state index in [2.05, 4.69) is 22.6 Å². The van der Waals surface area contributed by atoms with Crippen LogP contribution in [0.3, 0.4) is 0 Å². The fourth-order valence-electron chi connectivity index (χ4n) is 1.14. The molecule has 0 fully saturated rings. The van der Waals surface area contributed by atoms with Crippen molar-refractivity contribution in [3.63, 3.8) is 0 Å². The van der Waals surface area contributed by atoms with Crippen LogP contribution in [0.25, 0.3) is 0 Å². The average molecular weight is 306 g/mol.